The van der Waals surface area contributed by atoms with Gasteiger partial charge in [-0.3, -0.25) is 0 Å². The van der Waals surface area contributed by atoms with Gasteiger partial charge >= 0.3 is 5.97 Å². The van der Waals surface area contributed by atoms with Gasteiger partial charge in [-0.2, -0.15) is 0 Å². The van der Waals surface area contributed by atoms with Crippen LogP contribution < -0.4 is 0 Å². The van der Waals surface area contributed by atoms with Gasteiger partial charge in [0.15, 0.2) is 0 Å². The van der Waals surface area contributed by atoms with Crippen molar-refractivity contribution in [1.29, 1.82) is 0 Å². The van der Waals surface area contributed by atoms with Crippen molar-refractivity contribution in [2.45, 2.75) is 6.92 Å². The zero-order valence-corrected chi connectivity index (χ0v) is 7.11. The van der Waals surface area contributed by atoms with Gasteiger partial charge in [-0.1, -0.05) is 6.08 Å². The number of carbonyl (C=O) groups is 1. The molecule has 0 spiro atoms. The molecule has 1 aromatic heterocycles. The summed E-state index contributed by atoms with van der Waals surface area (Å²) < 4.78 is 1.78. The van der Waals surface area contributed by atoms with Crippen LogP contribution in [0.5, 0.6) is 0 Å². The molecule has 0 fully saturated rings. The maximum absolute atomic E-state index is 10.5. The second-order valence-electron chi connectivity index (χ2n) is 2.57. The number of allylic oxidation sites excluding steroid dienone is 1. The molecule has 0 atom stereocenters. The number of hydrogen-bond donors (Lipinski definition) is 1. The fourth-order valence-electron chi connectivity index (χ4n) is 1.03. The molecule has 3 heteroatoms. The third-order valence-electron chi connectivity index (χ3n) is 1.63. The lowest BCUT2D eigenvalue weighted by molar-refractivity contribution is 0.0697. The zero-order valence-electron chi connectivity index (χ0n) is 7.11. The number of aryl methyl sites for hydroxylation is 1. The van der Waals surface area contributed by atoms with E-state index >= 15 is 0 Å². The summed E-state index contributed by atoms with van der Waals surface area (Å²) in [6.45, 7) is 1.90. The quantitative estimate of drug-likeness (QED) is 0.725. The molecule has 0 bridgehead atoms. The number of aromatic nitrogens is 1. The summed E-state index contributed by atoms with van der Waals surface area (Å²) in [5.41, 5.74) is 1.22. The SMILES string of the molecule is C/C=C\c1cc(C(=O)O)cn1C. The lowest BCUT2D eigenvalue weighted by Gasteiger charge is -1.92. The Morgan fingerprint density at radius 3 is 2.75 bits per heavy atom. The van der Waals surface area contributed by atoms with Gasteiger partial charge in [0.25, 0.3) is 0 Å². The summed E-state index contributed by atoms with van der Waals surface area (Å²) in [5, 5.41) is 8.65. The third-order valence-corrected chi connectivity index (χ3v) is 1.63. The minimum Gasteiger partial charge on any atom is -0.478 e. The van der Waals surface area contributed by atoms with Crippen molar-refractivity contribution in [1.82, 2.24) is 4.57 Å². The van der Waals surface area contributed by atoms with Crippen LogP contribution >= 0.6 is 0 Å². The van der Waals surface area contributed by atoms with Gasteiger partial charge < -0.3 is 9.67 Å². The Morgan fingerprint density at radius 2 is 2.33 bits per heavy atom. The zero-order chi connectivity index (χ0) is 9.14. The molecule has 0 aliphatic rings. The van der Waals surface area contributed by atoms with Gasteiger partial charge in [0.1, 0.15) is 0 Å². The molecular weight excluding hydrogens is 154 g/mol. The summed E-state index contributed by atoms with van der Waals surface area (Å²) >= 11 is 0. The van der Waals surface area contributed by atoms with Crippen LogP contribution in [0.25, 0.3) is 6.08 Å². The lowest BCUT2D eigenvalue weighted by atomic mass is 10.3. The van der Waals surface area contributed by atoms with Crippen molar-refractivity contribution < 1.29 is 9.90 Å². The Hall–Kier alpha value is -1.51. The predicted molar refractivity (Wildman–Crippen MR) is 47.1 cm³/mol. The Bertz CT molecular complexity index is 323. The summed E-state index contributed by atoms with van der Waals surface area (Å²) in [6.07, 6.45) is 5.34. The van der Waals surface area contributed by atoms with Crippen molar-refractivity contribution >= 4 is 12.0 Å². The van der Waals surface area contributed by atoms with E-state index in [0.717, 1.165) is 5.69 Å². The average molecular weight is 165 g/mol. The molecule has 1 rings (SSSR count). The highest BCUT2D eigenvalue weighted by atomic mass is 16.4. The van der Waals surface area contributed by atoms with E-state index in [1.165, 1.54) is 0 Å². The van der Waals surface area contributed by atoms with Gasteiger partial charge in [-0.15, -0.1) is 0 Å². The van der Waals surface area contributed by atoms with E-state index in [1.807, 2.05) is 26.1 Å². The van der Waals surface area contributed by atoms with Crippen molar-refractivity contribution in [2.24, 2.45) is 7.05 Å². The first-order valence-corrected chi connectivity index (χ1v) is 3.67. The molecule has 3 nitrogen and oxygen atoms in total. The average Bonchev–Trinajstić information content (AvgIpc) is 2.34. The van der Waals surface area contributed by atoms with Crippen LogP contribution in [0.1, 0.15) is 23.0 Å². The summed E-state index contributed by atoms with van der Waals surface area (Å²) in [7, 11) is 1.82. The van der Waals surface area contributed by atoms with E-state index < -0.39 is 5.97 Å². The van der Waals surface area contributed by atoms with Crippen molar-refractivity contribution in [3.05, 3.63) is 29.6 Å². The summed E-state index contributed by atoms with van der Waals surface area (Å²) in [4.78, 5) is 10.5. The number of carboxylic acids is 1. The molecule has 0 amide bonds. The first kappa shape index (κ1) is 8.59. The van der Waals surface area contributed by atoms with Crippen LogP contribution in [-0.4, -0.2) is 15.6 Å². The Labute approximate surface area is 70.9 Å². The molecule has 0 aromatic carbocycles. The first-order valence-electron chi connectivity index (χ1n) is 3.67. The van der Waals surface area contributed by atoms with Gasteiger partial charge in [-0.05, 0) is 19.1 Å². The molecule has 64 valence electrons. The van der Waals surface area contributed by atoms with Crippen LogP contribution in [0.4, 0.5) is 0 Å². The molecule has 0 aliphatic carbocycles. The van der Waals surface area contributed by atoms with Crippen LogP contribution in [0, 0.1) is 0 Å². The molecular formula is C9H11NO2. The first-order chi connectivity index (χ1) is 5.65. The molecule has 0 saturated carbocycles. The second kappa shape index (κ2) is 3.26. The third kappa shape index (κ3) is 1.56. The van der Waals surface area contributed by atoms with Crippen molar-refractivity contribution in [3.63, 3.8) is 0 Å². The normalized spacial score (nSPS) is 10.8. The van der Waals surface area contributed by atoms with E-state index in [-0.39, 0.29) is 0 Å². The fraction of sp³-hybridized carbons (Fsp3) is 0.222. The van der Waals surface area contributed by atoms with Crippen molar-refractivity contribution in [3.8, 4) is 0 Å². The maximum Gasteiger partial charge on any atom is 0.337 e. The predicted octanol–water partition coefficient (Wildman–Crippen LogP) is 1.76. The molecule has 1 aromatic rings. The number of hydrogen-bond acceptors (Lipinski definition) is 1. The van der Waals surface area contributed by atoms with Gasteiger partial charge in [0, 0.05) is 18.9 Å². The van der Waals surface area contributed by atoms with Gasteiger partial charge in [0.2, 0.25) is 0 Å². The number of nitrogens with zero attached hydrogens (tertiary/aromatic N) is 1. The molecule has 1 N–H and O–H groups in total. The van der Waals surface area contributed by atoms with E-state index in [2.05, 4.69) is 0 Å². The summed E-state index contributed by atoms with van der Waals surface area (Å²) in [5.74, 6) is -0.888. The maximum atomic E-state index is 10.5. The minimum absolute atomic E-state index is 0.325. The van der Waals surface area contributed by atoms with E-state index in [9.17, 15) is 4.79 Å². The smallest absolute Gasteiger partial charge is 0.337 e. The second-order valence-corrected chi connectivity index (χ2v) is 2.57. The number of carboxylic acid groups (broad SMARTS) is 1. The number of aromatic carboxylic acids is 1. The van der Waals surface area contributed by atoms with Gasteiger partial charge in [-0.25, -0.2) is 4.79 Å². The number of rotatable bonds is 2. The molecule has 0 radical (unpaired) electrons. The molecule has 0 aliphatic heterocycles. The molecule has 12 heavy (non-hydrogen) atoms. The Kier molecular flexibility index (Phi) is 2.33. The molecule has 1 heterocycles. The highest BCUT2D eigenvalue weighted by molar-refractivity contribution is 5.88. The monoisotopic (exact) mass is 165 g/mol. The standard InChI is InChI=1S/C9H11NO2/c1-3-4-8-5-7(9(11)12)6-10(8)2/h3-6H,1-2H3,(H,11,12)/b4-3-. The van der Waals surface area contributed by atoms with Crippen LogP contribution in [-0.2, 0) is 7.05 Å². The fourth-order valence-corrected chi connectivity index (χ4v) is 1.03. The molecule has 0 saturated heterocycles. The van der Waals surface area contributed by atoms with Crippen molar-refractivity contribution in [2.75, 3.05) is 0 Å². The molecule has 0 unspecified atom stereocenters. The van der Waals surface area contributed by atoms with Gasteiger partial charge in [0.05, 0.1) is 5.56 Å². The largest absolute Gasteiger partial charge is 0.478 e. The highest BCUT2D eigenvalue weighted by Gasteiger charge is 2.05. The van der Waals surface area contributed by atoms with Crippen LogP contribution in [0.2, 0.25) is 0 Å². The highest BCUT2D eigenvalue weighted by Crippen LogP contribution is 2.08. The Balaban J connectivity index is 3.08. The van der Waals surface area contributed by atoms with E-state index in [4.69, 9.17) is 5.11 Å². The topological polar surface area (TPSA) is 42.2 Å². The van der Waals surface area contributed by atoms with E-state index in [1.54, 1.807) is 16.8 Å². The lowest BCUT2D eigenvalue weighted by Crippen LogP contribution is -1.92. The minimum atomic E-state index is -0.888. The summed E-state index contributed by atoms with van der Waals surface area (Å²) in [6, 6.07) is 1.64. The van der Waals surface area contributed by atoms with E-state index in [0.29, 0.717) is 5.56 Å². The van der Waals surface area contributed by atoms with Crippen LogP contribution in [0.3, 0.4) is 0 Å². The van der Waals surface area contributed by atoms with Crippen LogP contribution in [0.15, 0.2) is 18.3 Å². The Morgan fingerprint density at radius 1 is 1.67 bits per heavy atom.